The zero-order valence-electron chi connectivity index (χ0n) is 14.2. The van der Waals surface area contributed by atoms with Crippen LogP contribution in [-0.2, 0) is 4.74 Å². The first-order chi connectivity index (χ1) is 11.0. The molecule has 0 aromatic heterocycles. The molecule has 1 saturated heterocycles. The topological polar surface area (TPSA) is 49.9 Å². The summed E-state index contributed by atoms with van der Waals surface area (Å²) in [5.41, 5.74) is 0.916. The number of benzene rings is 1. The monoisotopic (exact) mass is 318 g/mol. The molecule has 1 aromatic rings. The van der Waals surface area contributed by atoms with Gasteiger partial charge in [0.15, 0.2) is 0 Å². The van der Waals surface area contributed by atoms with Crippen LogP contribution in [0.4, 0.5) is 0 Å². The highest BCUT2D eigenvalue weighted by Gasteiger charge is 2.18. The van der Waals surface area contributed by atoms with Gasteiger partial charge in [-0.1, -0.05) is 13.0 Å². The van der Waals surface area contributed by atoms with E-state index in [4.69, 9.17) is 4.74 Å². The minimum atomic E-state index is -0.426. The Bertz CT molecular complexity index is 551. The van der Waals surface area contributed by atoms with Gasteiger partial charge in [-0.2, -0.15) is 0 Å². The van der Waals surface area contributed by atoms with Gasteiger partial charge in [-0.05, 0) is 50.0 Å². The summed E-state index contributed by atoms with van der Waals surface area (Å²) in [4.78, 5) is 28.2. The second-order valence-corrected chi connectivity index (χ2v) is 6.32. The van der Waals surface area contributed by atoms with Crippen molar-refractivity contribution in [1.29, 1.82) is 0 Å². The third kappa shape index (κ3) is 4.79. The lowest BCUT2D eigenvalue weighted by Crippen LogP contribution is -2.40. The zero-order valence-corrected chi connectivity index (χ0v) is 14.2. The maximum Gasteiger partial charge on any atom is 0.337 e. The Balaban J connectivity index is 1.90. The predicted octanol–water partition coefficient (Wildman–Crippen LogP) is 2.28. The summed E-state index contributed by atoms with van der Waals surface area (Å²) in [6, 6.07) is 6.68. The molecule has 0 bridgehead atoms. The highest BCUT2D eigenvalue weighted by molar-refractivity contribution is 5.97. The van der Waals surface area contributed by atoms with Crippen LogP contribution in [0, 0.1) is 5.92 Å². The summed E-state index contributed by atoms with van der Waals surface area (Å²) in [6.45, 7) is 6.10. The lowest BCUT2D eigenvalue weighted by atomic mass is 9.99. The summed E-state index contributed by atoms with van der Waals surface area (Å²) >= 11 is 0. The highest BCUT2D eigenvalue weighted by Crippen LogP contribution is 2.15. The van der Waals surface area contributed by atoms with Crippen LogP contribution in [0.2, 0.25) is 0 Å². The second kappa shape index (κ2) is 8.11. The van der Waals surface area contributed by atoms with Crippen LogP contribution in [0.1, 0.15) is 40.5 Å². The van der Waals surface area contributed by atoms with E-state index in [1.807, 2.05) is 0 Å². The van der Waals surface area contributed by atoms with Gasteiger partial charge in [0.05, 0.1) is 12.7 Å². The van der Waals surface area contributed by atoms with Crippen molar-refractivity contribution < 1.29 is 14.3 Å². The number of nitrogens with zero attached hydrogens (tertiary/aromatic N) is 2. The number of piperidine rings is 1. The number of carbonyl (C=O) groups excluding carboxylic acids is 2. The van der Waals surface area contributed by atoms with Crippen molar-refractivity contribution in [2.75, 3.05) is 40.3 Å². The molecule has 1 heterocycles. The molecule has 2 rings (SSSR count). The van der Waals surface area contributed by atoms with Crippen LogP contribution in [0.3, 0.4) is 0 Å². The maximum atomic E-state index is 12.5. The molecule has 0 aliphatic carbocycles. The first kappa shape index (κ1) is 17.5. The summed E-state index contributed by atoms with van der Waals surface area (Å²) < 4.78 is 4.70. The quantitative estimate of drug-likeness (QED) is 0.782. The molecule has 23 heavy (non-hydrogen) atoms. The summed E-state index contributed by atoms with van der Waals surface area (Å²) in [6.07, 6.45) is 2.47. The Hall–Kier alpha value is -1.88. The summed E-state index contributed by atoms with van der Waals surface area (Å²) in [5, 5.41) is 0. The Morgan fingerprint density at radius 1 is 1.26 bits per heavy atom. The van der Waals surface area contributed by atoms with Crippen molar-refractivity contribution in [3.05, 3.63) is 35.4 Å². The molecule has 1 aliphatic heterocycles. The molecule has 0 saturated carbocycles. The first-order valence-electron chi connectivity index (χ1n) is 8.17. The van der Waals surface area contributed by atoms with Gasteiger partial charge in [0.1, 0.15) is 0 Å². The van der Waals surface area contributed by atoms with Gasteiger partial charge in [-0.3, -0.25) is 4.79 Å². The molecule has 1 aliphatic rings. The normalized spacial score (nSPS) is 16.1. The van der Waals surface area contributed by atoms with Crippen LogP contribution >= 0.6 is 0 Å². The van der Waals surface area contributed by atoms with Crippen molar-refractivity contribution in [3.63, 3.8) is 0 Å². The number of esters is 1. The van der Waals surface area contributed by atoms with Crippen LogP contribution in [-0.4, -0.2) is 62.0 Å². The highest BCUT2D eigenvalue weighted by atomic mass is 16.5. The van der Waals surface area contributed by atoms with Crippen LogP contribution in [0.25, 0.3) is 0 Å². The molecule has 5 heteroatoms. The van der Waals surface area contributed by atoms with Crippen molar-refractivity contribution in [2.24, 2.45) is 5.92 Å². The number of rotatable bonds is 5. The van der Waals surface area contributed by atoms with Crippen LogP contribution in [0.15, 0.2) is 24.3 Å². The van der Waals surface area contributed by atoms with Crippen LogP contribution < -0.4 is 0 Å². The van der Waals surface area contributed by atoms with E-state index >= 15 is 0 Å². The van der Waals surface area contributed by atoms with Crippen LogP contribution in [0.5, 0.6) is 0 Å². The Kier molecular flexibility index (Phi) is 6.16. The van der Waals surface area contributed by atoms with E-state index in [9.17, 15) is 9.59 Å². The number of carbonyl (C=O) groups is 2. The number of ether oxygens (including phenoxy) is 1. The van der Waals surface area contributed by atoms with Gasteiger partial charge < -0.3 is 14.5 Å². The number of likely N-dealkylation sites (N-methyl/N-ethyl adjacent to an activating group) is 1. The van der Waals surface area contributed by atoms with Gasteiger partial charge in [0.2, 0.25) is 0 Å². The van der Waals surface area contributed by atoms with E-state index in [0.717, 1.165) is 25.6 Å². The molecular formula is C18H26N2O3. The molecule has 0 radical (unpaired) electrons. The average molecular weight is 318 g/mol. The van der Waals surface area contributed by atoms with E-state index in [1.165, 1.54) is 20.0 Å². The molecular weight excluding hydrogens is 292 g/mol. The minimum Gasteiger partial charge on any atom is -0.465 e. The SMILES string of the molecule is COC(=O)c1cccc(C(=O)N(C)CCN2CCC(C)CC2)c1. The molecule has 1 aromatic carbocycles. The van der Waals surface area contributed by atoms with E-state index < -0.39 is 5.97 Å². The van der Waals surface area contributed by atoms with Crippen molar-refractivity contribution in [3.8, 4) is 0 Å². The lowest BCUT2D eigenvalue weighted by molar-refractivity contribution is 0.0600. The second-order valence-electron chi connectivity index (χ2n) is 6.32. The van der Waals surface area contributed by atoms with E-state index in [2.05, 4.69) is 11.8 Å². The Labute approximate surface area is 138 Å². The Morgan fingerprint density at radius 3 is 2.57 bits per heavy atom. The maximum absolute atomic E-state index is 12.5. The predicted molar refractivity (Wildman–Crippen MR) is 89.6 cm³/mol. The van der Waals surface area contributed by atoms with E-state index in [0.29, 0.717) is 17.7 Å². The fraction of sp³-hybridized carbons (Fsp3) is 0.556. The largest absolute Gasteiger partial charge is 0.465 e. The van der Waals surface area contributed by atoms with Gasteiger partial charge in [0, 0.05) is 25.7 Å². The molecule has 0 unspecified atom stereocenters. The van der Waals surface area contributed by atoms with Crippen molar-refractivity contribution in [2.45, 2.75) is 19.8 Å². The van der Waals surface area contributed by atoms with Gasteiger partial charge in [0.25, 0.3) is 5.91 Å². The fourth-order valence-corrected chi connectivity index (χ4v) is 2.80. The molecule has 0 atom stereocenters. The number of methoxy groups -OCH3 is 1. The average Bonchev–Trinajstić information content (AvgIpc) is 2.59. The van der Waals surface area contributed by atoms with Crippen molar-refractivity contribution >= 4 is 11.9 Å². The molecule has 1 fully saturated rings. The third-order valence-corrected chi connectivity index (χ3v) is 4.51. The van der Waals surface area contributed by atoms with E-state index in [1.54, 1.807) is 36.2 Å². The molecule has 5 nitrogen and oxygen atoms in total. The standard InChI is InChI=1S/C18H26N2O3/c1-14-7-9-20(10-8-14)12-11-19(2)17(21)15-5-4-6-16(13-15)18(22)23-3/h4-6,13-14H,7-12H2,1-3H3. The van der Waals surface area contributed by atoms with Gasteiger partial charge in [-0.25, -0.2) is 4.79 Å². The number of likely N-dealkylation sites (tertiary alicyclic amines) is 1. The number of hydrogen-bond donors (Lipinski definition) is 0. The fourth-order valence-electron chi connectivity index (χ4n) is 2.80. The molecule has 126 valence electrons. The van der Waals surface area contributed by atoms with E-state index in [-0.39, 0.29) is 5.91 Å². The number of hydrogen-bond acceptors (Lipinski definition) is 4. The third-order valence-electron chi connectivity index (χ3n) is 4.51. The number of amides is 1. The molecule has 1 amide bonds. The van der Waals surface area contributed by atoms with Gasteiger partial charge >= 0.3 is 5.97 Å². The summed E-state index contributed by atoms with van der Waals surface area (Å²) in [5.74, 6) is 0.317. The van der Waals surface area contributed by atoms with Gasteiger partial charge in [-0.15, -0.1) is 0 Å². The zero-order chi connectivity index (χ0) is 16.8. The summed E-state index contributed by atoms with van der Waals surface area (Å²) in [7, 11) is 3.14. The first-order valence-corrected chi connectivity index (χ1v) is 8.17. The van der Waals surface area contributed by atoms with Crippen molar-refractivity contribution in [1.82, 2.24) is 9.80 Å². The molecule has 0 N–H and O–H groups in total. The Morgan fingerprint density at radius 2 is 1.91 bits per heavy atom. The lowest BCUT2D eigenvalue weighted by Gasteiger charge is -2.31. The molecule has 0 spiro atoms. The smallest absolute Gasteiger partial charge is 0.337 e. The minimum absolute atomic E-state index is 0.0684.